The standard InChI is InChI=1S/C59H68Br2N8O14/c1-32(2)51(65-48(70)14-10-8-11-19-66-57(76)49(60)50(61)58(66)77)53(72)63-35(5)52(71)64-37-17-15-36(16-18-37)31-83-59(78)69-42-27-47(45(80-7)25-40(42)55(74)68-30-34(4)23-43(68)56(69)75)82-21-13-9-12-20-81-46-26-41-39(24-44(46)79-6)54(73)67-29-33(3)22-38(67)28-62-41/h15-18,24-30,32,35,38,43,51,56,75H,8-14,19-23,31H2,1-7H3,(H,63,72)(H,64,71)(H,65,70)/t35-,38-,43?,51-,56-/m1/s1. The summed E-state index contributed by atoms with van der Waals surface area (Å²) < 4.78 is 29.8. The summed E-state index contributed by atoms with van der Waals surface area (Å²) in [6, 6.07) is 9.96. The molecule has 3 aromatic carbocycles. The lowest BCUT2D eigenvalue weighted by molar-refractivity contribution is -0.137. The van der Waals surface area contributed by atoms with Gasteiger partial charge in [0.05, 0.1) is 62.0 Å². The average molecular weight is 1270 g/mol. The van der Waals surface area contributed by atoms with Crippen molar-refractivity contribution in [3.63, 3.8) is 0 Å². The van der Waals surface area contributed by atoms with Gasteiger partial charge in [0, 0.05) is 49.4 Å². The van der Waals surface area contributed by atoms with Gasteiger partial charge in [-0.1, -0.05) is 43.5 Å². The molecule has 22 nitrogen and oxygen atoms in total. The number of imide groups is 1. The number of carbonyl (C=O) groups is 8. The van der Waals surface area contributed by atoms with Crippen LogP contribution in [0.4, 0.5) is 21.9 Å². The summed E-state index contributed by atoms with van der Waals surface area (Å²) in [6.07, 6.45) is 7.45. The van der Waals surface area contributed by atoms with Crippen LogP contribution in [0.15, 0.2) is 86.0 Å². The van der Waals surface area contributed by atoms with Gasteiger partial charge in [0.25, 0.3) is 23.6 Å². The summed E-state index contributed by atoms with van der Waals surface area (Å²) in [5.74, 6) is -1.80. The van der Waals surface area contributed by atoms with Crippen molar-refractivity contribution >= 4 is 103 Å². The Kier molecular flexibility index (Phi) is 20.2. The zero-order chi connectivity index (χ0) is 59.8. The van der Waals surface area contributed by atoms with Crippen molar-refractivity contribution in [3.8, 4) is 23.0 Å². The third-order valence-electron chi connectivity index (χ3n) is 14.7. The van der Waals surface area contributed by atoms with Gasteiger partial charge in [0.2, 0.25) is 17.7 Å². The predicted octanol–water partition coefficient (Wildman–Crippen LogP) is 8.27. The van der Waals surface area contributed by atoms with Crippen molar-refractivity contribution in [2.75, 3.05) is 44.2 Å². The highest BCUT2D eigenvalue weighted by Gasteiger charge is 2.45. The van der Waals surface area contributed by atoms with E-state index in [1.54, 1.807) is 67.6 Å². The molecule has 0 radical (unpaired) electrons. The number of nitrogens with one attached hydrogen (secondary N) is 3. The maximum absolute atomic E-state index is 14.2. The molecule has 5 heterocycles. The van der Waals surface area contributed by atoms with Crippen LogP contribution in [0.5, 0.6) is 23.0 Å². The van der Waals surface area contributed by atoms with E-state index in [1.807, 2.05) is 20.0 Å². The molecule has 0 spiro atoms. The first kappa shape index (κ1) is 61.5. The van der Waals surface area contributed by atoms with Gasteiger partial charge in [-0.15, -0.1) is 0 Å². The van der Waals surface area contributed by atoms with Gasteiger partial charge in [-0.3, -0.25) is 43.5 Å². The molecule has 0 saturated heterocycles. The van der Waals surface area contributed by atoms with Gasteiger partial charge >= 0.3 is 6.09 Å². The zero-order valence-electron chi connectivity index (χ0n) is 47.3. The molecule has 0 fully saturated rings. The summed E-state index contributed by atoms with van der Waals surface area (Å²) in [5.41, 5.74) is 3.94. The van der Waals surface area contributed by atoms with Crippen LogP contribution in [0.1, 0.15) is 119 Å². The third kappa shape index (κ3) is 14.1. The van der Waals surface area contributed by atoms with Gasteiger partial charge in [-0.05, 0) is 133 Å². The van der Waals surface area contributed by atoms with Crippen LogP contribution in [0.25, 0.3) is 0 Å². The Morgan fingerprint density at radius 3 is 1.96 bits per heavy atom. The van der Waals surface area contributed by atoms with Crippen LogP contribution < -0.4 is 39.8 Å². The second-order valence-electron chi connectivity index (χ2n) is 21.2. The molecule has 4 N–H and O–H groups in total. The van der Waals surface area contributed by atoms with Crippen molar-refractivity contribution < 1.29 is 67.1 Å². The highest BCUT2D eigenvalue weighted by molar-refractivity contribution is 9.14. The van der Waals surface area contributed by atoms with Gasteiger partial charge in [0.15, 0.2) is 29.2 Å². The first-order valence-corrected chi connectivity index (χ1v) is 29.1. The lowest BCUT2D eigenvalue weighted by atomic mass is 10.0. The Hall–Kier alpha value is -7.57. The Balaban J connectivity index is 0.823. The quantitative estimate of drug-likeness (QED) is 0.0486. The van der Waals surface area contributed by atoms with E-state index in [0.717, 1.165) is 27.4 Å². The number of hydrogen-bond acceptors (Lipinski definition) is 15. The Morgan fingerprint density at radius 1 is 0.711 bits per heavy atom. The van der Waals surface area contributed by atoms with Crippen molar-refractivity contribution in [1.29, 1.82) is 0 Å². The first-order valence-electron chi connectivity index (χ1n) is 27.5. The maximum Gasteiger partial charge on any atom is 0.416 e. The largest absolute Gasteiger partial charge is 0.493 e. The molecule has 5 aliphatic heterocycles. The molecule has 0 saturated carbocycles. The molecule has 5 atom stereocenters. The average Bonchev–Trinajstić information content (AvgIpc) is 2.59. The molecule has 83 heavy (non-hydrogen) atoms. The number of amides is 8. The predicted molar refractivity (Wildman–Crippen MR) is 314 cm³/mol. The van der Waals surface area contributed by atoms with Gasteiger partial charge in [-0.25, -0.2) is 9.69 Å². The summed E-state index contributed by atoms with van der Waals surface area (Å²) in [6.45, 7) is 9.41. The molecule has 1 unspecified atom stereocenters. The minimum atomic E-state index is -1.52. The number of anilines is 2. The number of ether oxygens (including phenoxy) is 5. The van der Waals surface area contributed by atoms with Crippen LogP contribution >= 0.6 is 31.9 Å². The van der Waals surface area contributed by atoms with E-state index in [4.69, 9.17) is 23.7 Å². The summed E-state index contributed by atoms with van der Waals surface area (Å²) in [7, 11) is 2.96. The number of benzene rings is 3. The van der Waals surface area contributed by atoms with Crippen molar-refractivity contribution in [2.45, 2.75) is 129 Å². The second-order valence-corrected chi connectivity index (χ2v) is 22.8. The van der Waals surface area contributed by atoms with E-state index in [9.17, 15) is 43.5 Å². The van der Waals surface area contributed by atoms with Crippen LogP contribution in [-0.4, -0.2) is 138 Å². The monoisotopic (exact) mass is 1270 g/mol. The van der Waals surface area contributed by atoms with Crippen molar-refractivity contribution in [2.24, 2.45) is 10.9 Å². The summed E-state index contributed by atoms with van der Waals surface area (Å²) in [5, 5.41) is 20.1. The van der Waals surface area contributed by atoms with Crippen molar-refractivity contribution in [3.05, 3.63) is 97.7 Å². The lowest BCUT2D eigenvalue weighted by Gasteiger charge is -2.31. The van der Waals surface area contributed by atoms with Gasteiger partial charge in [0.1, 0.15) is 27.7 Å². The number of aliphatic hydroxyl groups is 1. The number of aliphatic hydroxyl groups excluding tert-OH is 1. The van der Waals surface area contributed by atoms with E-state index in [-0.39, 0.29) is 81.7 Å². The van der Waals surface area contributed by atoms with Crippen molar-refractivity contribution in [1.82, 2.24) is 25.3 Å². The van der Waals surface area contributed by atoms with E-state index < -0.39 is 60.0 Å². The number of nitrogens with zero attached hydrogens (tertiary/aromatic N) is 5. The number of halogens is 2. The lowest BCUT2D eigenvalue weighted by Crippen LogP contribution is -2.53. The minimum Gasteiger partial charge on any atom is -0.493 e. The van der Waals surface area contributed by atoms with Crippen LogP contribution in [0, 0.1) is 5.92 Å². The van der Waals surface area contributed by atoms with E-state index in [1.165, 1.54) is 38.2 Å². The number of fused-ring (bicyclic) bond motifs is 4. The third-order valence-corrected chi connectivity index (χ3v) is 16.7. The molecular formula is C59H68Br2N8O14. The number of rotatable bonds is 24. The first-order chi connectivity index (χ1) is 39.7. The van der Waals surface area contributed by atoms with Crippen LogP contribution in [-0.2, 0) is 35.3 Å². The highest BCUT2D eigenvalue weighted by Crippen LogP contribution is 2.43. The fraction of sp³-hybridized carbons (Fsp3) is 0.441. The SMILES string of the molecule is COc1cc2c(cc1OCCCCCOc1cc3c(cc1OC)C(=O)N1C=C(C)CC1[C@@H](O)N3C(=O)OCc1ccc(NC(=O)[C@@H](C)NC(=O)[C@H](NC(=O)CCCCCN3C(=O)C(Br)=C(Br)C3=O)C(C)C)cc1)N=C[C@H]1CC(C)=CN1C2=O. The topological polar surface area (TPSA) is 264 Å². The summed E-state index contributed by atoms with van der Waals surface area (Å²) >= 11 is 6.21. The highest BCUT2D eigenvalue weighted by atomic mass is 79.9. The van der Waals surface area contributed by atoms with E-state index in [0.29, 0.717) is 85.6 Å². The number of unbranched alkanes of at least 4 members (excludes halogenated alkanes) is 4. The fourth-order valence-corrected chi connectivity index (χ4v) is 10.9. The Bertz CT molecular complexity index is 3160. The molecule has 3 aromatic rings. The second kappa shape index (κ2) is 27.2. The molecule has 8 rings (SSSR count). The van der Waals surface area contributed by atoms with Gasteiger partial charge < -0.3 is 54.5 Å². The van der Waals surface area contributed by atoms with Gasteiger partial charge in [-0.2, -0.15) is 0 Å². The molecule has 24 heteroatoms. The molecular weight excluding hydrogens is 1200 g/mol. The van der Waals surface area contributed by atoms with Crippen LogP contribution in [0.2, 0.25) is 0 Å². The minimum absolute atomic E-state index is 0.0618. The number of aliphatic imine (C=N–C) groups is 1. The smallest absolute Gasteiger partial charge is 0.416 e. The van der Waals surface area contributed by atoms with E-state index in [2.05, 4.69) is 52.8 Å². The Labute approximate surface area is 497 Å². The maximum atomic E-state index is 14.2. The molecule has 5 aliphatic rings. The Morgan fingerprint density at radius 2 is 1.31 bits per heavy atom. The molecule has 8 amide bonds. The molecule has 0 aliphatic carbocycles. The zero-order valence-corrected chi connectivity index (χ0v) is 50.4. The number of hydrogen-bond donors (Lipinski definition) is 4. The molecule has 442 valence electrons. The number of methoxy groups -OCH3 is 2. The molecule has 0 bridgehead atoms. The van der Waals surface area contributed by atoms with E-state index >= 15 is 0 Å². The normalized spacial score (nSPS) is 18.8. The van der Waals surface area contributed by atoms with Crippen LogP contribution in [0.3, 0.4) is 0 Å². The molecule has 0 aromatic heterocycles. The number of carbonyl (C=O) groups excluding carboxylic acids is 8. The summed E-state index contributed by atoms with van der Waals surface area (Å²) in [4.78, 5) is 116. The fourth-order valence-electron chi connectivity index (χ4n) is 10.2.